The van der Waals surface area contributed by atoms with Gasteiger partial charge < -0.3 is 5.11 Å². The summed E-state index contributed by atoms with van der Waals surface area (Å²) in [5.41, 5.74) is 2.35. The van der Waals surface area contributed by atoms with E-state index in [0.29, 0.717) is 12.0 Å². The Balaban J connectivity index is 3.10. The van der Waals surface area contributed by atoms with Crippen LogP contribution in [0.2, 0.25) is 0 Å². The highest BCUT2D eigenvalue weighted by molar-refractivity contribution is 5.96. The number of hydrogen-bond donors (Lipinski definition) is 1. The number of aliphatic hydroxyl groups excluding tert-OH is 1. The van der Waals surface area contributed by atoms with Crippen LogP contribution in [-0.4, -0.2) is 17.0 Å². The molecule has 0 amide bonds. The van der Waals surface area contributed by atoms with Crippen LogP contribution in [0, 0.1) is 0 Å². The van der Waals surface area contributed by atoms with Crippen molar-refractivity contribution in [2.75, 3.05) is 0 Å². The van der Waals surface area contributed by atoms with Gasteiger partial charge in [-0.2, -0.15) is 0 Å². The summed E-state index contributed by atoms with van der Waals surface area (Å²) in [7, 11) is 0. The van der Waals surface area contributed by atoms with Crippen molar-refractivity contribution in [3.63, 3.8) is 0 Å². The molecular formula is C13H16O2. The number of allylic oxidation sites excluding steroid dienone is 4. The smallest absolute Gasteiger partial charge is 0.159 e. The minimum atomic E-state index is -0.479. The summed E-state index contributed by atoms with van der Waals surface area (Å²) in [5, 5.41) is 9.72. The van der Waals surface area contributed by atoms with E-state index in [1.54, 1.807) is 12.2 Å². The van der Waals surface area contributed by atoms with E-state index in [0.717, 1.165) is 17.6 Å². The van der Waals surface area contributed by atoms with E-state index < -0.39 is 6.10 Å². The molecule has 0 spiro atoms. The standard InChI is InChI=1S/C13H16O2/c1-4-10-6-7-13(15)12(10)8-11(5-2)9(3)14/h4-5,8,13,15H,1-2,6-7H2,3H3/b11-8+. The molecule has 2 nitrogen and oxygen atoms in total. The Morgan fingerprint density at radius 2 is 2.20 bits per heavy atom. The lowest BCUT2D eigenvalue weighted by Gasteiger charge is -2.05. The van der Waals surface area contributed by atoms with Crippen molar-refractivity contribution >= 4 is 5.78 Å². The fourth-order valence-corrected chi connectivity index (χ4v) is 1.69. The van der Waals surface area contributed by atoms with Gasteiger partial charge in [0.25, 0.3) is 0 Å². The molecule has 1 atom stereocenters. The van der Waals surface area contributed by atoms with Gasteiger partial charge in [-0.15, -0.1) is 0 Å². The molecule has 2 heteroatoms. The van der Waals surface area contributed by atoms with Crippen LogP contribution in [0.25, 0.3) is 0 Å². The summed E-state index contributed by atoms with van der Waals surface area (Å²) in [6.45, 7) is 8.77. The van der Waals surface area contributed by atoms with E-state index >= 15 is 0 Å². The number of aliphatic hydroxyl groups is 1. The first-order valence-corrected chi connectivity index (χ1v) is 4.98. The topological polar surface area (TPSA) is 37.3 Å². The van der Waals surface area contributed by atoms with Crippen LogP contribution >= 0.6 is 0 Å². The van der Waals surface area contributed by atoms with Crippen molar-refractivity contribution in [1.82, 2.24) is 0 Å². The zero-order chi connectivity index (χ0) is 11.4. The summed E-state index contributed by atoms with van der Waals surface area (Å²) in [6.07, 6.45) is 6.01. The summed E-state index contributed by atoms with van der Waals surface area (Å²) >= 11 is 0. The second-order valence-corrected chi connectivity index (χ2v) is 3.60. The minimum Gasteiger partial charge on any atom is -0.388 e. The van der Waals surface area contributed by atoms with Crippen molar-refractivity contribution in [3.05, 3.63) is 48.1 Å². The number of Topliss-reactive ketones (excluding diaryl/α,β-unsaturated/α-hetero) is 1. The predicted octanol–water partition coefficient (Wildman–Crippen LogP) is 2.33. The highest BCUT2D eigenvalue weighted by Crippen LogP contribution is 2.29. The number of rotatable bonds is 4. The minimum absolute atomic E-state index is 0.0417. The van der Waals surface area contributed by atoms with Gasteiger partial charge in [0.05, 0.1) is 6.10 Å². The molecule has 0 aromatic heterocycles. The molecule has 15 heavy (non-hydrogen) atoms. The SMILES string of the molecule is C=CC1=C(/C=C(\C=C)C(C)=O)C(O)CC1. The van der Waals surface area contributed by atoms with Crippen LogP contribution in [0.1, 0.15) is 19.8 Å². The molecule has 0 aromatic rings. The highest BCUT2D eigenvalue weighted by Gasteiger charge is 2.20. The lowest BCUT2D eigenvalue weighted by Crippen LogP contribution is -2.04. The quantitative estimate of drug-likeness (QED) is 0.563. The first-order valence-electron chi connectivity index (χ1n) is 4.98. The third-order valence-electron chi connectivity index (χ3n) is 2.60. The highest BCUT2D eigenvalue weighted by atomic mass is 16.3. The molecule has 1 aliphatic rings. The van der Waals surface area contributed by atoms with E-state index in [1.807, 2.05) is 0 Å². The lowest BCUT2D eigenvalue weighted by atomic mass is 10.0. The zero-order valence-electron chi connectivity index (χ0n) is 8.99. The lowest BCUT2D eigenvalue weighted by molar-refractivity contribution is -0.113. The predicted molar refractivity (Wildman–Crippen MR) is 61.4 cm³/mol. The van der Waals surface area contributed by atoms with Gasteiger partial charge in [-0.1, -0.05) is 25.3 Å². The Kier molecular flexibility index (Phi) is 3.81. The molecule has 1 N–H and O–H groups in total. The molecule has 0 aliphatic heterocycles. The zero-order valence-corrected chi connectivity index (χ0v) is 8.99. The van der Waals surface area contributed by atoms with Gasteiger partial charge in [-0.3, -0.25) is 4.79 Å². The molecule has 0 heterocycles. The first-order chi connectivity index (χ1) is 7.10. The summed E-state index contributed by atoms with van der Waals surface area (Å²) in [4.78, 5) is 11.2. The Morgan fingerprint density at radius 3 is 2.67 bits per heavy atom. The molecule has 0 bridgehead atoms. The number of carbonyl (C=O) groups excluding carboxylic acids is 1. The monoisotopic (exact) mass is 204 g/mol. The molecule has 0 saturated heterocycles. The van der Waals surface area contributed by atoms with Gasteiger partial charge in [-0.05, 0) is 37.0 Å². The largest absolute Gasteiger partial charge is 0.388 e. The first kappa shape index (κ1) is 11.7. The van der Waals surface area contributed by atoms with Crippen molar-refractivity contribution < 1.29 is 9.90 Å². The van der Waals surface area contributed by atoms with Crippen LogP contribution < -0.4 is 0 Å². The van der Waals surface area contributed by atoms with Crippen molar-refractivity contribution in [3.8, 4) is 0 Å². The summed E-state index contributed by atoms with van der Waals surface area (Å²) < 4.78 is 0. The Hall–Kier alpha value is -1.41. The molecule has 0 radical (unpaired) electrons. The maximum atomic E-state index is 11.2. The second kappa shape index (κ2) is 4.89. The van der Waals surface area contributed by atoms with Crippen LogP contribution in [0.4, 0.5) is 0 Å². The average molecular weight is 204 g/mol. The van der Waals surface area contributed by atoms with Gasteiger partial charge in [0.2, 0.25) is 0 Å². The maximum Gasteiger partial charge on any atom is 0.159 e. The fraction of sp³-hybridized carbons (Fsp3) is 0.308. The van der Waals surface area contributed by atoms with Crippen molar-refractivity contribution in [2.45, 2.75) is 25.9 Å². The van der Waals surface area contributed by atoms with Crippen molar-refractivity contribution in [1.29, 1.82) is 0 Å². The third-order valence-corrected chi connectivity index (χ3v) is 2.60. The second-order valence-electron chi connectivity index (χ2n) is 3.60. The van der Waals surface area contributed by atoms with Gasteiger partial charge in [0, 0.05) is 5.57 Å². The molecular weight excluding hydrogens is 188 g/mol. The number of ketones is 1. The summed E-state index contributed by atoms with van der Waals surface area (Å²) in [5.74, 6) is -0.0417. The van der Waals surface area contributed by atoms with E-state index in [1.165, 1.54) is 13.0 Å². The maximum absolute atomic E-state index is 11.2. The molecule has 0 fully saturated rings. The van der Waals surface area contributed by atoms with Gasteiger partial charge >= 0.3 is 0 Å². The molecule has 0 aromatic carbocycles. The molecule has 1 unspecified atom stereocenters. The van der Waals surface area contributed by atoms with Crippen molar-refractivity contribution in [2.24, 2.45) is 0 Å². The van der Waals surface area contributed by atoms with E-state index in [-0.39, 0.29) is 5.78 Å². The molecule has 1 aliphatic carbocycles. The molecule has 1 rings (SSSR count). The fourth-order valence-electron chi connectivity index (χ4n) is 1.69. The van der Waals surface area contributed by atoms with Crippen LogP contribution in [0.5, 0.6) is 0 Å². The van der Waals surface area contributed by atoms with Crippen LogP contribution in [-0.2, 0) is 4.79 Å². The Morgan fingerprint density at radius 1 is 1.53 bits per heavy atom. The summed E-state index contributed by atoms with van der Waals surface area (Å²) in [6, 6.07) is 0. The average Bonchev–Trinajstić information content (AvgIpc) is 2.55. The van der Waals surface area contributed by atoms with Gasteiger partial charge in [0.1, 0.15) is 0 Å². The van der Waals surface area contributed by atoms with Crippen LogP contribution in [0.15, 0.2) is 48.1 Å². The Labute approximate surface area is 90.3 Å². The van der Waals surface area contributed by atoms with Gasteiger partial charge in [0.15, 0.2) is 5.78 Å². The van der Waals surface area contributed by atoms with E-state index in [4.69, 9.17) is 0 Å². The van der Waals surface area contributed by atoms with Crippen LogP contribution in [0.3, 0.4) is 0 Å². The molecule has 80 valence electrons. The Bertz CT molecular complexity index is 359. The third kappa shape index (κ3) is 2.54. The number of carbonyl (C=O) groups is 1. The van der Waals surface area contributed by atoms with Gasteiger partial charge in [-0.25, -0.2) is 0 Å². The van der Waals surface area contributed by atoms with E-state index in [2.05, 4.69) is 13.2 Å². The molecule has 0 saturated carbocycles. The number of hydrogen-bond acceptors (Lipinski definition) is 2. The van der Waals surface area contributed by atoms with E-state index in [9.17, 15) is 9.90 Å². The normalized spacial score (nSPS) is 21.7.